The summed E-state index contributed by atoms with van der Waals surface area (Å²) in [5.41, 5.74) is -0.315. The summed E-state index contributed by atoms with van der Waals surface area (Å²) >= 11 is 0. The highest BCUT2D eigenvalue weighted by molar-refractivity contribution is 6.01. The van der Waals surface area contributed by atoms with Gasteiger partial charge in [0.25, 0.3) is 0 Å². The van der Waals surface area contributed by atoms with E-state index in [0.717, 1.165) is 17.0 Å². The van der Waals surface area contributed by atoms with Crippen molar-refractivity contribution >= 4 is 17.4 Å². The molecule has 1 atom stereocenters. The van der Waals surface area contributed by atoms with Gasteiger partial charge >= 0.3 is 0 Å². The van der Waals surface area contributed by atoms with Crippen molar-refractivity contribution in [3.05, 3.63) is 42.2 Å². The van der Waals surface area contributed by atoms with Crippen molar-refractivity contribution in [2.45, 2.75) is 19.4 Å². The summed E-state index contributed by atoms with van der Waals surface area (Å²) in [6.45, 7) is 2.51. The van der Waals surface area contributed by atoms with Crippen LogP contribution in [-0.4, -0.2) is 35.1 Å². The highest BCUT2D eigenvalue weighted by Crippen LogP contribution is 2.28. The molecule has 1 amide bonds. The van der Waals surface area contributed by atoms with Crippen LogP contribution in [0.25, 0.3) is 0 Å². The van der Waals surface area contributed by atoms with E-state index < -0.39 is 23.6 Å². The van der Waals surface area contributed by atoms with Crippen LogP contribution < -0.4 is 15.0 Å². The molecule has 3 rings (SSSR count). The first kappa shape index (κ1) is 16.1. The molecule has 1 fully saturated rings. The van der Waals surface area contributed by atoms with E-state index in [2.05, 4.69) is 15.3 Å². The van der Waals surface area contributed by atoms with Crippen LogP contribution in [-0.2, 0) is 4.79 Å². The van der Waals surface area contributed by atoms with E-state index in [1.807, 2.05) is 6.92 Å². The number of carbonyl (C=O) groups excluding carboxylic acids is 1. The molecule has 2 heterocycles. The molecular formula is C16H16F2N4O2. The Bertz CT molecular complexity index is 736. The Labute approximate surface area is 137 Å². The fourth-order valence-electron chi connectivity index (χ4n) is 2.61. The zero-order chi connectivity index (χ0) is 17.1. The number of aromatic nitrogens is 2. The maximum absolute atomic E-state index is 13.9. The van der Waals surface area contributed by atoms with E-state index in [-0.39, 0.29) is 12.2 Å². The molecule has 1 saturated heterocycles. The smallest absolute Gasteiger partial charge is 0.249 e. The molecule has 0 bridgehead atoms. The number of halogens is 2. The van der Waals surface area contributed by atoms with E-state index in [4.69, 9.17) is 4.74 Å². The highest BCUT2D eigenvalue weighted by Gasteiger charge is 2.35. The Morgan fingerprint density at radius 3 is 2.79 bits per heavy atom. The lowest BCUT2D eigenvalue weighted by molar-refractivity contribution is -0.117. The van der Waals surface area contributed by atoms with Crippen LogP contribution in [0.1, 0.15) is 13.3 Å². The second-order valence-electron chi connectivity index (χ2n) is 5.22. The Morgan fingerprint density at radius 2 is 2.08 bits per heavy atom. The van der Waals surface area contributed by atoms with E-state index in [1.54, 1.807) is 6.07 Å². The summed E-state index contributed by atoms with van der Waals surface area (Å²) in [5, 5.41) is 2.96. The predicted molar refractivity (Wildman–Crippen MR) is 83.9 cm³/mol. The number of nitrogens with zero attached hydrogens (tertiary/aromatic N) is 3. The van der Waals surface area contributed by atoms with Crippen LogP contribution >= 0.6 is 0 Å². The van der Waals surface area contributed by atoms with Crippen LogP contribution in [0.2, 0.25) is 0 Å². The summed E-state index contributed by atoms with van der Waals surface area (Å²) in [4.78, 5) is 21.6. The summed E-state index contributed by atoms with van der Waals surface area (Å²) in [5.74, 6) is -1.12. The maximum Gasteiger partial charge on any atom is 0.249 e. The molecule has 1 aliphatic heterocycles. The molecular weight excluding hydrogens is 318 g/mol. The van der Waals surface area contributed by atoms with Gasteiger partial charge in [-0.25, -0.2) is 18.7 Å². The average Bonchev–Trinajstić information content (AvgIpc) is 2.89. The monoisotopic (exact) mass is 334 g/mol. The third kappa shape index (κ3) is 3.12. The molecule has 0 saturated carbocycles. The van der Waals surface area contributed by atoms with Gasteiger partial charge in [0, 0.05) is 12.6 Å². The minimum atomic E-state index is -0.760. The largest absolute Gasteiger partial charge is 0.478 e. The molecule has 24 heavy (non-hydrogen) atoms. The number of carbonyl (C=O) groups is 1. The number of hydrogen-bond acceptors (Lipinski definition) is 5. The number of hydrogen-bond donors (Lipinski definition) is 1. The third-order valence-electron chi connectivity index (χ3n) is 3.67. The summed E-state index contributed by atoms with van der Waals surface area (Å²) in [7, 11) is 0. The molecule has 1 N–H and O–H groups in total. The summed E-state index contributed by atoms with van der Waals surface area (Å²) < 4.78 is 33.0. The van der Waals surface area contributed by atoms with Gasteiger partial charge in [-0.2, -0.15) is 0 Å². The Morgan fingerprint density at radius 1 is 1.33 bits per heavy atom. The van der Waals surface area contributed by atoms with Gasteiger partial charge in [0.1, 0.15) is 35.5 Å². The Kier molecular flexibility index (Phi) is 4.54. The molecule has 1 unspecified atom stereocenters. The van der Waals surface area contributed by atoms with Gasteiger partial charge in [-0.3, -0.25) is 4.79 Å². The molecule has 2 aromatic rings. The number of ether oxygens (including phenoxy) is 1. The number of amides is 1. The number of rotatable bonds is 5. The van der Waals surface area contributed by atoms with Crippen molar-refractivity contribution in [3.8, 4) is 5.88 Å². The van der Waals surface area contributed by atoms with Crippen molar-refractivity contribution in [1.29, 1.82) is 0 Å². The first-order valence-electron chi connectivity index (χ1n) is 7.57. The standard InChI is InChI=1S/C16H16F2N4O2/c1-2-24-14-8-13(19-9-20-14)21-12-6-7-22(16(12)23)15-10(17)4-3-5-11(15)18/h3-5,8-9,12H,2,6-7H2,1H3,(H,19,20,21). The molecule has 0 spiro atoms. The summed E-state index contributed by atoms with van der Waals surface area (Å²) in [6.07, 6.45) is 1.72. The van der Waals surface area contributed by atoms with Gasteiger partial charge in [-0.15, -0.1) is 0 Å². The van der Waals surface area contributed by atoms with Gasteiger partial charge in [0.05, 0.1) is 6.61 Å². The van der Waals surface area contributed by atoms with Crippen LogP contribution in [0, 0.1) is 11.6 Å². The second-order valence-corrected chi connectivity index (χ2v) is 5.22. The molecule has 8 heteroatoms. The number of benzene rings is 1. The normalized spacial score (nSPS) is 17.2. The quantitative estimate of drug-likeness (QED) is 0.909. The number of nitrogens with one attached hydrogen (secondary N) is 1. The topological polar surface area (TPSA) is 67.3 Å². The minimum absolute atomic E-state index is 0.220. The lowest BCUT2D eigenvalue weighted by atomic mass is 10.2. The Hall–Kier alpha value is -2.77. The van der Waals surface area contributed by atoms with E-state index in [1.165, 1.54) is 12.4 Å². The summed E-state index contributed by atoms with van der Waals surface area (Å²) in [6, 6.07) is 4.48. The van der Waals surface area contributed by atoms with E-state index in [9.17, 15) is 13.6 Å². The van der Waals surface area contributed by atoms with Crippen LogP contribution in [0.15, 0.2) is 30.6 Å². The predicted octanol–water partition coefficient (Wildman–Crippen LogP) is 2.37. The first-order valence-corrected chi connectivity index (χ1v) is 7.57. The van der Waals surface area contributed by atoms with Crippen LogP contribution in [0.4, 0.5) is 20.3 Å². The van der Waals surface area contributed by atoms with Crippen LogP contribution in [0.3, 0.4) is 0 Å². The molecule has 1 aromatic carbocycles. The van der Waals surface area contributed by atoms with Crippen molar-refractivity contribution in [2.75, 3.05) is 23.4 Å². The zero-order valence-corrected chi connectivity index (χ0v) is 13.0. The molecule has 0 radical (unpaired) electrons. The van der Waals surface area contributed by atoms with Crippen molar-refractivity contribution in [2.24, 2.45) is 0 Å². The molecule has 1 aliphatic rings. The zero-order valence-electron chi connectivity index (χ0n) is 13.0. The van der Waals surface area contributed by atoms with E-state index in [0.29, 0.717) is 24.7 Å². The highest BCUT2D eigenvalue weighted by atomic mass is 19.1. The van der Waals surface area contributed by atoms with E-state index >= 15 is 0 Å². The maximum atomic E-state index is 13.9. The Balaban J connectivity index is 1.76. The van der Waals surface area contributed by atoms with Gasteiger partial charge in [-0.05, 0) is 25.5 Å². The molecule has 0 aliphatic carbocycles. The van der Waals surface area contributed by atoms with Gasteiger partial charge in [-0.1, -0.05) is 6.07 Å². The SMILES string of the molecule is CCOc1cc(NC2CCN(c3c(F)cccc3F)C2=O)ncn1. The fraction of sp³-hybridized carbons (Fsp3) is 0.312. The van der Waals surface area contributed by atoms with Gasteiger partial charge < -0.3 is 15.0 Å². The number of anilines is 2. The lowest BCUT2D eigenvalue weighted by Crippen LogP contribution is -2.34. The second kappa shape index (κ2) is 6.77. The lowest BCUT2D eigenvalue weighted by Gasteiger charge is -2.18. The van der Waals surface area contributed by atoms with Crippen molar-refractivity contribution in [3.63, 3.8) is 0 Å². The first-order chi connectivity index (χ1) is 11.6. The number of para-hydroxylation sites is 1. The third-order valence-corrected chi connectivity index (χ3v) is 3.67. The molecule has 1 aromatic heterocycles. The van der Waals surface area contributed by atoms with Gasteiger partial charge in [0.15, 0.2) is 0 Å². The molecule has 6 nitrogen and oxygen atoms in total. The molecule has 126 valence electrons. The van der Waals surface area contributed by atoms with Crippen molar-refractivity contribution in [1.82, 2.24) is 9.97 Å². The van der Waals surface area contributed by atoms with Crippen LogP contribution in [0.5, 0.6) is 5.88 Å². The minimum Gasteiger partial charge on any atom is -0.478 e. The fourth-order valence-corrected chi connectivity index (χ4v) is 2.61. The average molecular weight is 334 g/mol. The van der Waals surface area contributed by atoms with Crippen molar-refractivity contribution < 1.29 is 18.3 Å². The van der Waals surface area contributed by atoms with Gasteiger partial charge in [0.2, 0.25) is 11.8 Å².